The van der Waals surface area contributed by atoms with E-state index in [2.05, 4.69) is 57.6 Å². The molecule has 7 heteroatoms. The zero-order valence-corrected chi connectivity index (χ0v) is 18.7. The van der Waals surface area contributed by atoms with Gasteiger partial charge in [-0.25, -0.2) is 15.3 Å². The molecule has 2 fully saturated rings. The molecule has 32 heavy (non-hydrogen) atoms. The van der Waals surface area contributed by atoms with Gasteiger partial charge in [-0.1, -0.05) is 30.3 Å². The van der Waals surface area contributed by atoms with Gasteiger partial charge < -0.3 is 9.64 Å². The molecule has 1 amide bonds. The van der Waals surface area contributed by atoms with Gasteiger partial charge >= 0.3 is 0 Å². The number of ether oxygens (including phenoxy) is 1. The highest BCUT2D eigenvalue weighted by Crippen LogP contribution is 2.21. The maximum atomic E-state index is 12.0. The molecule has 2 aliphatic heterocycles. The highest BCUT2D eigenvalue weighted by atomic mass is 16.8. The predicted octanol–water partition coefficient (Wildman–Crippen LogP) is 3.38. The molecule has 4 rings (SSSR count). The highest BCUT2D eigenvalue weighted by molar-refractivity contribution is 5.90. The van der Waals surface area contributed by atoms with E-state index in [1.54, 1.807) is 12.3 Å². The van der Waals surface area contributed by atoms with E-state index in [4.69, 9.17) is 9.57 Å². The first-order chi connectivity index (χ1) is 15.7. The molecule has 2 aliphatic rings. The summed E-state index contributed by atoms with van der Waals surface area (Å²) in [6, 6.07) is 15.0. The van der Waals surface area contributed by atoms with E-state index in [1.165, 1.54) is 11.6 Å². The lowest BCUT2D eigenvalue weighted by molar-refractivity contribution is -0.198. The Bertz CT molecular complexity index is 882. The number of amides is 1. The van der Waals surface area contributed by atoms with Gasteiger partial charge in [0.15, 0.2) is 6.29 Å². The standard InChI is InChI=1S/C25H32N4O3/c1-28(22-14-15-29(19-22)18-21-7-3-2-4-8-21)23-12-10-20(17-26-23)11-13-24(30)27-32-25-9-5-6-16-31-25/h2-4,7-8,10-13,17,22,25H,5-6,9,14-16,18-19H2,1H3,(H,27,30). The van der Waals surface area contributed by atoms with Crippen molar-refractivity contribution in [3.8, 4) is 0 Å². The van der Waals surface area contributed by atoms with Crippen molar-refractivity contribution in [2.75, 3.05) is 31.6 Å². The molecule has 0 saturated carbocycles. The average Bonchev–Trinajstić information content (AvgIpc) is 3.31. The number of likely N-dealkylation sites (tertiary alicyclic amines) is 1. The van der Waals surface area contributed by atoms with Crippen molar-refractivity contribution in [1.82, 2.24) is 15.4 Å². The molecule has 0 radical (unpaired) electrons. The molecule has 2 saturated heterocycles. The normalized spacial score (nSPS) is 21.7. The molecule has 170 valence electrons. The molecule has 2 unspecified atom stereocenters. The molecule has 1 aromatic carbocycles. The third-order valence-electron chi connectivity index (χ3n) is 6.03. The molecule has 1 N–H and O–H groups in total. The van der Waals surface area contributed by atoms with Gasteiger partial charge in [0.05, 0.1) is 0 Å². The van der Waals surface area contributed by atoms with Crippen LogP contribution in [-0.2, 0) is 20.9 Å². The van der Waals surface area contributed by atoms with Crippen molar-refractivity contribution in [2.24, 2.45) is 0 Å². The Balaban J connectivity index is 1.24. The second kappa shape index (κ2) is 11.2. The van der Waals surface area contributed by atoms with Crippen LogP contribution in [0, 0.1) is 0 Å². The Labute approximate surface area is 190 Å². The van der Waals surface area contributed by atoms with Gasteiger partial charge in [-0.15, -0.1) is 0 Å². The number of hydrogen-bond donors (Lipinski definition) is 1. The van der Waals surface area contributed by atoms with Crippen molar-refractivity contribution in [1.29, 1.82) is 0 Å². The van der Waals surface area contributed by atoms with Gasteiger partial charge in [0.2, 0.25) is 0 Å². The molecule has 7 nitrogen and oxygen atoms in total. The van der Waals surface area contributed by atoms with Gasteiger partial charge in [-0.2, -0.15) is 0 Å². The molecule has 0 spiro atoms. The zero-order valence-electron chi connectivity index (χ0n) is 18.7. The summed E-state index contributed by atoms with van der Waals surface area (Å²) < 4.78 is 5.43. The van der Waals surface area contributed by atoms with Crippen LogP contribution in [-0.4, -0.2) is 54.9 Å². The second-order valence-corrected chi connectivity index (χ2v) is 8.44. The summed E-state index contributed by atoms with van der Waals surface area (Å²) in [6.07, 6.45) is 8.63. The minimum atomic E-state index is -0.350. The zero-order chi connectivity index (χ0) is 22.2. The fraction of sp³-hybridized carbons (Fsp3) is 0.440. The Hall–Kier alpha value is -2.74. The van der Waals surface area contributed by atoms with Crippen molar-refractivity contribution in [3.05, 3.63) is 65.9 Å². The SMILES string of the molecule is CN(c1ccc(C=CC(=O)NOC2CCCCO2)cn1)C1CCN(Cc2ccccc2)C1. The Kier molecular flexibility index (Phi) is 7.87. The van der Waals surface area contributed by atoms with Gasteiger partial charge in [0.25, 0.3) is 5.91 Å². The first-order valence-corrected chi connectivity index (χ1v) is 11.4. The number of carbonyl (C=O) groups excluding carboxylic acids is 1. The Morgan fingerprint density at radius 1 is 1.25 bits per heavy atom. The number of likely N-dealkylation sites (N-methyl/N-ethyl adjacent to an activating group) is 1. The van der Waals surface area contributed by atoms with Crippen molar-refractivity contribution in [2.45, 2.75) is 44.6 Å². The molecule has 0 bridgehead atoms. The quantitative estimate of drug-likeness (QED) is 0.506. The molecule has 2 aromatic rings. The number of pyridine rings is 1. The predicted molar refractivity (Wildman–Crippen MR) is 125 cm³/mol. The third kappa shape index (κ3) is 6.38. The smallest absolute Gasteiger partial charge is 0.267 e. The van der Waals surface area contributed by atoms with E-state index < -0.39 is 0 Å². The number of nitrogens with one attached hydrogen (secondary N) is 1. The molecular formula is C25H32N4O3. The first kappa shape index (κ1) is 22.5. The Morgan fingerprint density at radius 2 is 2.12 bits per heavy atom. The lowest BCUT2D eigenvalue weighted by Gasteiger charge is -2.26. The number of aromatic nitrogens is 1. The number of rotatable bonds is 8. The van der Waals surface area contributed by atoms with E-state index in [9.17, 15) is 4.79 Å². The van der Waals surface area contributed by atoms with Crippen LogP contribution in [0.2, 0.25) is 0 Å². The van der Waals surface area contributed by atoms with Crippen molar-refractivity contribution in [3.63, 3.8) is 0 Å². The van der Waals surface area contributed by atoms with Crippen LogP contribution < -0.4 is 10.4 Å². The first-order valence-electron chi connectivity index (χ1n) is 11.4. The van der Waals surface area contributed by atoms with Gasteiger partial charge in [0, 0.05) is 58.0 Å². The number of nitrogens with zero attached hydrogens (tertiary/aromatic N) is 3. The summed E-state index contributed by atoms with van der Waals surface area (Å²) in [4.78, 5) is 26.6. The van der Waals surface area contributed by atoms with Crippen LogP contribution in [0.3, 0.4) is 0 Å². The second-order valence-electron chi connectivity index (χ2n) is 8.44. The maximum Gasteiger partial charge on any atom is 0.267 e. The fourth-order valence-corrected chi connectivity index (χ4v) is 4.14. The summed E-state index contributed by atoms with van der Waals surface area (Å²) in [7, 11) is 2.10. The maximum absolute atomic E-state index is 12.0. The van der Waals surface area contributed by atoms with Crippen molar-refractivity contribution >= 4 is 17.8 Å². The molecule has 1 aromatic heterocycles. The average molecular weight is 437 g/mol. The number of hydrogen-bond acceptors (Lipinski definition) is 6. The van der Waals surface area contributed by atoms with Gasteiger partial charge in [-0.3, -0.25) is 9.69 Å². The minimum Gasteiger partial charge on any atom is -0.355 e. The van der Waals surface area contributed by atoms with Crippen LogP contribution in [0.25, 0.3) is 6.08 Å². The van der Waals surface area contributed by atoms with E-state index in [0.717, 1.165) is 56.7 Å². The summed E-state index contributed by atoms with van der Waals surface area (Å²) in [5.74, 6) is 0.626. The van der Waals surface area contributed by atoms with Crippen LogP contribution in [0.1, 0.15) is 36.8 Å². The van der Waals surface area contributed by atoms with E-state index in [0.29, 0.717) is 12.6 Å². The van der Waals surface area contributed by atoms with E-state index >= 15 is 0 Å². The topological polar surface area (TPSA) is 66.9 Å². The molecular weight excluding hydrogens is 404 g/mol. The number of hydroxylamine groups is 1. The summed E-state index contributed by atoms with van der Waals surface area (Å²) >= 11 is 0. The molecule has 2 atom stereocenters. The highest BCUT2D eigenvalue weighted by Gasteiger charge is 2.26. The molecule has 0 aliphatic carbocycles. The van der Waals surface area contributed by atoms with E-state index in [-0.39, 0.29) is 12.2 Å². The Morgan fingerprint density at radius 3 is 2.88 bits per heavy atom. The van der Waals surface area contributed by atoms with Crippen molar-refractivity contribution < 1.29 is 14.4 Å². The third-order valence-corrected chi connectivity index (χ3v) is 6.03. The van der Waals surface area contributed by atoms with E-state index in [1.807, 2.05) is 12.1 Å². The van der Waals surface area contributed by atoms with Crippen LogP contribution in [0.4, 0.5) is 5.82 Å². The number of anilines is 1. The largest absolute Gasteiger partial charge is 0.355 e. The summed E-state index contributed by atoms with van der Waals surface area (Å²) in [5, 5.41) is 0. The van der Waals surface area contributed by atoms with Gasteiger partial charge in [0.1, 0.15) is 5.82 Å². The summed E-state index contributed by atoms with van der Waals surface area (Å²) in [5.41, 5.74) is 4.64. The van der Waals surface area contributed by atoms with Crippen LogP contribution in [0.5, 0.6) is 0 Å². The number of benzene rings is 1. The lowest BCUT2D eigenvalue weighted by atomic mass is 10.2. The summed E-state index contributed by atoms with van der Waals surface area (Å²) in [6.45, 7) is 3.78. The van der Waals surface area contributed by atoms with Crippen LogP contribution >= 0.6 is 0 Å². The lowest BCUT2D eigenvalue weighted by Crippen LogP contribution is -2.34. The fourth-order valence-electron chi connectivity index (χ4n) is 4.14. The molecule has 3 heterocycles. The monoisotopic (exact) mass is 436 g/mol. The minimum absolute atomic E-state index is 0.315. The number of carbonyl (C=O) groups is 1. The van der Waals surface area contributed by atoms with Crippen LogP contribution in [0.15, 0.2) is 54.7 Å². The van der Waals surface area contributed by atoms with Gasteiger partial charge in [-0.05, 0) is 48.6 Å².